The molecule has 1 amide bonds. The molecule has 0 aromatic heterocycles. The van der Waals surface area contributed by atoms with Crippen LogP contribution in [0.4, 0.5) is 0 Å². The van der Waals surface area contributed by atoms with Crippen LogP contribution in [0.15, 0.2) is 0 Å². The molecule has 0 spiro atoms. The number of rotatable bonds is 6. The molecule has 2 atom stereocenters. The fourth-order valence-corrected chi connectivity index (χ4v) is 1.76. The molecule has 1 aliphatic heterocycles. The minimum atomic E-state index is -0.912. The Morgan fingerprint density at radius 2 is 2.12 bits per heavy atom. The Bertz CT molecular complexity index is 281. The molecule has 1 rings (SSSR count). The smallest absolute Gasteiger partial charge is 0.332 e. The summed E-state index contributed by atoms with van der Waals surface area (Å²) in [6.45, 7) is 4.54. The van der Waals surface area contributed by atoms with Crippen LogP contribution in [0.1, 0.15) is 26.7 Å². The molecule has 0 saturated carbocycles. The van der Waals surface area contributed by atoms with Crippen LogP contribution in [0.25, 0.3) is 0 Å². The maximum atomic E-state index is 11.3. The third kappa shape index (κ3) is 5.14. The standard InChI is InChI=1S/C11H20N2O4/c1-7(2)13-10(14)6-12-5-8-3-4-9(17-8)11(15)16/h7-9,12H,3-6H2,1-2H3,(H,13,14)(H,15,16). The summed E-state index contributed by atoms with van der Waals surface area (Å²) in [4.78, 5) is 21.9. The van der Waals surface area contributed by atoms with Crippen LogP contribution in [0.2, 0.25) is 0 Å². The van der Waals surface area contributed by atoms with E-state index in [2.05, 4.69) is 10.6 Å². The number of ether oxygens (including phenoxy) is 1. The summed E-state index contributed by atoms with van der Waals surface area (Å²) in [5.41, 5.74) is 0. The number of hydrogen-bond acceptors (Lipinski definition) is 4. The first-order valence-electron chi connectivity index (χ1n) is 5.87. The zero-order valence-corrected chi connectivity index (χ0v) is 10.2. The summed E-state index contributed by atoms with van der Waals surface area (Å²) in [5.74, 6) is -0.974. The molecular formula is C11H20N2O4. The van der Waals surface area contributed by atoms with Gasteiger partial charge in [0.05, 0.1) is 12.6 Å². The molecule has 0 aromatic rings. The van der Waals surface area contributed by atoms with Gasteiger partial charge in [-0.05, 0) is 26.7 Å². The van der Waals surface area contributed by atoms with Crippen LogP contribution >= 0.6 is 0 Å². The van der Waals surface area contributed by atoms with Crippen LogP contribution in [-0.2, 0) is 14.3 Å². The highest BCUT2D eigenvalue weighted by molar-refractivity contribution is 5.78. The molecule has 0 aromatic carbocycles. The highest BCUT2D eigenvalue weighted by Gasteiger charge is 2.29. The first-order chi connectivity index (χ1) is 7.99. The lowest BCUT2D eigenvalue weighted by Crippen LogP contribution is -2.40. The average molecular weight is 244 g/mol. The van der Waals surface area contributed by atoms with Gasteiger partial charge in [0.1, 0.15) is 0 Å². The Morgan fingerprint density at radius 1 is 1.41 bits per heavy atom. The highest BCUT2D eigenvalue weighted by Crippen LogP contribution is 2.18. The second kappa shape index (κ2) is 6.56. The van der Waals surface area contributed by atoms with Gasteiger partial charge in [0.25, 0.3) is 0 Å². The first kappa shape index (κ1) is 13.9. The second-order valence-corrected chi connectivity index (χ2v) is 4.52. The SMILES string of the molecule is CC(C)NC(=O)CNCC1CCC(C(=O)O)O1. The predicted octanol–water partition coefficient (Wildman–Crippen LogP) is -0.267. The Balaban J connectivity index is 2.12. The van der Waals surface area contributed by atoms with E-state index in [1.165, 1.54) is 0 Å². The van der Waals surface area contributed by atoms with Crippen LogP contribution in [0.5, 0.6) is 0 Å². The van der Waals surface area contributed by atoms with Gasteiger partial charge < -0.3 is 20.5 Å². The summed E-state index contributed by atoms with van der Waals surface area (Å²) < 4.78 is 5.29. The molecule has 1 aliphatic rings. The zero-order valence-electron chi connectivity index (χ0n) is 10.2. The van der Waals surface area contributed by atoms with Crippen molar-refractivity contribution in [2.45, 2.75) is 44.9 Å². The summed E-state index contributed by atoms with van der Waals surface area (Å²) >= 11 is 0. The van der Waals surface area contributed by atoms with Crippen molar-refractivity contribution in [1.82, 2.24) is 10.6 Å². The van der Waals surface area contributed by atoms with Gasteiger partial charge in [0.15, 0.2) is 6.10 Å². The number of carboxylic acids is 1. The Kier molecular flexibility index (Phi) is 5.37. The quantitative estimate of drug-likeness (QED) is 0.599. The van der Waals surface area contributed by atoms with Gasteiger partial charge in [0, 0.05) is 12.6 Å². The average Bonchev–Trinajstić information content (AvgIpc) is 2.65. The van der Waals surface area contributed by atoms with Crippen molar-refractivity contribution in [2.24, 2.45) is 0 Å². The van der Waals surface area contributed by atoms with Crippen molar-refractivity contribution in [2.75, 3.05) is 13.1 Å². The fourth-order valence-electron chi connectivity index (χ4n) is 1.76. The van der Waals surface area contributed by atoms with Crippen LogP contribution < -0.4 is 10.6 Å². The van der Waals surface area contributed by atoms with Crippen molar-refractivity contribution in [3.8, 4) is 0 Å². The normalized spacial score (nSPS) is 23.9. The highest BCUT2D eigenvalue weighted by atomic mass is 16.5. The molecule has 17 heavy (non-hydrogen) atoms. The first-order valence-corrected chi connectivity index (χ1v) is 5.87. The maximum absolute atomic E-state index is 11.3. The summed E-state index contributed by atoms with van der Waals surface area (Å²) in [7, 11) is 0. The minimum absolute atomic E-state index is 0.0622. The number of carboxylic acid groups (broad SMARTS) is 1. The number of carbonyl (C=O) groups is 2. The number of carbonyl (C=O) groups excluding carboxylic acids is 1. The van der Waals surface area contributed by atoms with Gasteiger partial charge in [-0.15, -0.1) is 0 Å². The molecule has 1 fully saturated rings. The van der Waals surface area contributed by atoms with Gasteiger partial charge in [-0.25, -0.2) is 4.79 Å². The van der Waals surface area contributed by atoms with E-state index in [0.29, 0.717) is 13.0 Å². The second-order valence-electron chi connectivity index (χ2n) is 4.52. The van der Waals surface area contributed by atoms with Crippen molar-refractivity contribution in [3.05, 3.63) is 0 Å². The van der Waals surface area contributed by atoms with Crippen LogP contribution in [0, 0.1) is 0 Å². The molecule has 0 aliphatic carbocycles. The van der Waals surface area contributed by atoms with Crippen molar-refractivity contribution >= 4 is 11.9 Å². The topological polar surface area (TPSA) is 87.7 Å². The number of hydrogen-bond donors (Lipinski definition) is 3. The number of aliphatic carboxylic acids is 1. The largest absolute Gasteiger partial charge is 0.479 e. The van der Waals surface area contributed by atoms with E-state index in [4.69, 9.17) is 9.84 Å². The van der Waals surface area contributed by atoms with Gasteiger partial charge in [-0.1, -0.05) is 0 Å². The fraction of sp³-hybridized carbons (Fsp3) is 0.818. The molecule has 1 saturated heterocycles. The monoisotopic (exact) mass is 244 g/mol. The van der Waals surface area contributed by atoms with Crippen molar-refractivity contribution in [3.63, 3.8) is 0 Å². The Hall–Kier alpha value is -1.14. The maximum Gasteiger partial charge on any atom is 0.332 e. The van der Waals surface area contributed by atoms with Gasteiger partial charge in [-0.3, -0.25) is 4.79 Å². The Morgan fingerprint density at radius 3 is 2.65 bits per heavy atom. The third-order valence-electron chi connectivity index (χ3n) is 2.49. The number of amides is 1. The molecule has 6 nitrogen and oxygen atoms in total. The minimum Gasteiger partial charge on any atom is -0.479 e. The van der Waals surface area contributed by atoms with E-state index in [0.717, 1.165) is 6.42 Å². The zero-order chi connectivity index (χ0) is 12.8. The lowest BCUT2D eigenvalue weighted by Gasteiger charge is -2.13. The van der Waals surface area contributed by atoms with Gasteiger partial charge in [-0.2, -0.15) is 0 Å². The molecule has 1 heterocycles. The molecule has 0 radical (unpaired) electrons. The van der Waals surface area contributed by atoms with E-state index >= 15 is 0 Å². The molecule has 98 valence electrons. The lowest BCUT2D eigenvalue weighted by atomic mass is 10.2. The Labute approximate surface area is 101 Å². The molecule has 0 bridgehead atoms. The molecular weight excluding hydrogens is 224 g/mol. The van der Waals surface area contributed by atoms with E-state index in [1.807, 2.05) is 13.8 Å². The van der Waals surface area contributed by atoms with Gasteiger partial charge in [0.2, 0.25) is 5.91 Å². The van der Waals surface area contributed by atoms with E-state index in [-0.39, 0.29) is 24.6 Å². The van der Waals surface area contributed by atoms with Crippen LogP contribution in [0.3, 0.4) is 0 Å². The summed E-state index contributed by atoms with van der Waals surface area (Å²) in [5, 5.41) is 14.5. The summed E-state index contributed by atoms with van der Waals surface area (Å²) in [6.07, 6.45) is 0.463. The van der Waals surface area contributed by atoms with Crippen LogP contribution in [-0.4, -0.2) is 48.3 Å². The van der Waals surface area contributed by atoms with Crippen molar-refractivity contribution < 1.29 is 19.4 Å². The number of nitrogens with one attached hydrogen (secondary N) is 2. The van der Waals surface area contributed by atoms with Gasteiger partial charge >= 0.3 is 5.97 Å². The van der Waals surface area contributed by atoms with E-state index in [9.17, 15) is 9.59 Å². The lowest BCUT2D eigenvalue weighted by molar-refractivity contribution is -0.149. The molecule has 2 unspecified atom stereocenters. The predicted molar refractivity (Wildman–Crippen MR) is 61.7 cm³/mol. The third-order valence-corrected chi connectivity index (χ3v) is 2.49. The van der Waals surface area contributed by atoms with E-state index < -0.39 is 12.1 Å². The van der Waals surface area contributed by atoms with E-state index in [1.54, 1.807) is 0 Å². The molecule has 3 N–H and O–H groups in total. The van der Waals surface area contributed by atoms with Crippen molar-refractivity contribution in [1.29, 1.82) is 0 Å². The molecule has 6 heteroatoms. The summed E-state index contributed by atoms with van der Waals surface area (Å²) in [6, 6.07) is 0.128.